The van der Waals surface area contributed by atoms with Crippen LogP contribution in [0.4, 0.5) is 0 Å². The summed E-state index contributed by atoms with van der Waals surface area (Å²) in [5.41, 5.74) is -2.19. The zero-order valence-corrected chi connectivity index (χ0v) is 38.0. The molecule has 2 saturated heterocycles. The summed E-state index contributed by atoms with van der Waals surface area (Å²) in [6, 6.07) is -0.269. The Labute approximate surface area is 382 Å². The van der Waals surface area contributed by atoms with Crippen molar-refractivity contribution in [3.63, 3.8) is 0 Å². The van der Waals surface area contributed by atoms with Gasteiger partial charge in [0.15, 0.2) is 12.6 Å². The summed E-state index contributed by atoms with van der Waals surface area (Å²) in [5, 5.41) is 61.6. The van der Waals surface area contributed by atoms with Crippen molar-refractivity contribution in [1.82, 2.24) is 30.8 Å². The first kappa shape index (κ1) is 51.5. The Morgan fingerprint density at radius 2 is 1.50 bits per heavy atom. The van der Waals surface area contributed by atoms with Crippen molar-refractivity contribution < 1.29 is 68.4 Å². The molecule has 0 bridgehead atoms. The van der Waals surface area contributed by atoms with E-state index < -0.39 is 121 Å². The molecule has 66 heavy (non-hydrogen) atoms. The number of carbonyl (C=O) groups excluding carboxylic acids is 4. The van der Waals surface area contributed by atoms with Crippen LogP contribution in [-0.2, 0) is 38.1 Å². The summed E-state index contributed by atoms with van der Waals surface area (Å²) in [6.07, 6.45) is -6.00. The molecule has 3 heterocycles. The lowest BCUT2D eigenvalue weighted by Crippen LogP contribution is -2.61. The molecule has 3 aliphatic carbocycles. The average Bonchev–Trinajstić information content (AvgIpc) is 3.28. The highest BCUT2D eigenvalue weighted by molar-refractivity contribution is 5.92. The van der Waals surface area contributed by atoms with E-state index in [1.807, 2.05) is 4.98 Å². The van der Waals surface area contributed by atoms with Crippen molar-refractivity contribution in [3.8, 4) is 0 Å². The molecule has 22 heteroatoms. The summed E-state index contributed by atoms with van der Waals surface area (Å²) >= 11 is 0. The third-order valence-electron chi connectivity index (χ3n) is 13.6. The largest absolute Gasteiger partial charge is 0.394 e. The van der Waals surface area contributed by atoms with Crippen LogP contribution in [0.1, 0.15) is 107 Å². The summed E-state index contributed by atoms with van der Waals surface area (Å²) in [4.78, 5) is 84.3. The van der Waals surface area contributed by atoms with Crippen LogP contribution in [-0.4, -0.2) is 177 Å². The van der Waals surface area contributed by atoms with Gasteiger partial charge in [-0.25, -0.2) is 4.79 Å². The number of hydrogen-bond donors (Lipinski definition) is 10. The number of hydrogen-bond acceptors (Lipinski definition) is 16. The molecule has 6 rings (SSSR count). The Hall–Kier alpha value is -3.84. The van der Waals surface area contributed by atoms with Crippen LogP contribution >= 0.6 is 0 Å². The summed E-state index contributed by atoms with van der Waals surface area (Å²) in [6.45, 7) is 1.09. The fourth-order valence-corrected chi connectivity index (χ4v) is 9.85. The minimum absolute atomic E-state index is 0.0454. The number of carbonyl (C=O) groups is 4. The van der Waals surface area contributed by atoms with Gasteiger partial charge >= 0.3 is 5.69 Å². The van der Waals surface area contributed by atoms with E-state index in [0.717, 1.165) is 38.2 Å². The van der Waals surface area contributed by atoms with Gasteiger partial charge in [0.1, 0.15) is 36.2 Å². The lowest BCUT2D eigenvalue weighted by molar-refractivity contribution is -0.319. The Bertz CT molecular complexity index is 1860. The molecule has 0 unspecified atom stereocenters. The van der Waals surface area contributed by atoms with Crippen LogP contribution in [0.15, 0.2) is 15.7 Å². The number of likely N-dealkylation sites (N-methyl/N-ethyl adjacent to an activating group) is 1. The molecular weight excluding hydrogens is 869 g/mol. The molecule has 0 radical (unpaired) electrons. The molecule has 10 N–H and O–H groups in total. The van der Waals surface area contributed by atoms with Crippen molar-refractivity contribution in [1.29, 1.82) is 0 Å². The number of aliphatic hydroxyl groups is 5. The van der Waals surface area contributed by atoms with Gasteiger partial charge in [-0.3, -0.25) is 29.0 Å². The highest BCUT2D eigenvalue weighted by Crippen LogP contribution is 2.37. The van der Waals surface area contributed by atoms with Crippen LogP contribution in [0.25, 0.3) is 0 Å². The van der Waals surface area contributed by atoms with Gasteiger partial charge in [-0.05, 0) is 57.8 Å². The zero-order valence-electron chi connectivity index (χ0n) is 38.0. The number of ether oxygens (including phenoxy) is 5. The Morgan fingerprint density at radius 1 is 0.818 bits per heavy atom. The van der Waals surface area contributed by atoms with E-state index in [4.69, 9.17) is 23.7 Å². The third kappa shape index (κ3) is 13.9. The molecule has 1 aromatic heterocycles. The maximum absolute atomic E-state index is 14.0. The van der Waals surface area contributed by atoms with Gasteiger partial charge in [0.05, 0.1) is 43.2 Å². The summed E-state index contributed by atoms with van der Waals surface area (Å²) in [7, 11) is 3.24. The second kappa shape index (κ2) is 23.9. The van der Waals surface area contributed by atoms with Crippen molar-refractivity contribution in [3.05, 3.63) is 32.6 Å². The molecular formula is C44H70N6O16. The van der Waals surface area contributed by atoms with Crippen LogP contribution < -0.4 is 27.2 Å². The van der Waals surface area contributed by atoms with Crippen molar-refractivity contribution in [2.24, 2.45) is 17.8 Å². The number of nitrogens with zero attached hydrogens (tertiary/aromatic N) is 1. The first-order chi connectivity index (χ1) is 31.5. The normalized spacial score (nSPS) is 34.7. The van der Waals surface area contributed by atoms with E-state index >= 15 is 0 Å². The molecule has 3 saturated carbocycles. The highest BCUT2D eigenvalue weighted by Gasteiger charge is 2.49. The van der Waals surface area contributed by atoms with Gasteiger partial charge in [-0.15, -0.1) is 0 Å². The number of H-pyrrole nitrogens is 2. The van der Waals surface area contributed by atoms with E-state index in [9.17, 15) is 54.3 Å². The van der Waals surface area contributed by atoms with Gasteiger partial charge in [-0.1, -0.05) is 32.1 Å². The third-order valence-corrected chi connectivity index (χ3v) is 13.6. The van der Waals surface area contributed by atoms with Crippen LogP contribution in [0.3, 0.4) is 0 Å². The minimum atomic E-state index is -1.37. The van der Waals surface area contributed by atoms with Gasteiger partial charge < -0.3 is 75.1 Å². The van der Waals surface area contributed by atoms with E-state index in [-0.39, 0.29) is 62.4 Å². The quantitative estimate of drug-likeness (QED) is 0.0776. The fraction of sp³-hybridized carbons (Fsp3) is 0.818. The van der Waals surface area contributed by atoms with E-state index in [1.54, 1.807) is 21.0 Å². The standard InChI is InChI=1S/C44H70N6O16/c1-22-29(53)19-30(54)43(62-22)66-38-27(47-41(59)28-18-35(55)49-44(61)48-28)16-25(40(58)46-14-13-45-39(57)24-9-11-26(52)12-10-24)17-32(38)64-36-20-31(37(56)34(21-51)65-36)63-33(42(60)50(2)3)15-23-7-5-4-6-8-23/h18,22-27,29-34,36-38,43,51-54,56H,4-17,19-21H2,1-3H3,(H,45,57)(H,46,58)(H,47,59)(H2,48,49,55,61)/t22-,24?,25+,26?,27-,29-,30-,31+,32+,33-,34+,36+,37+,38+,43-/m0/s1. The van der Waals surface area contributed by atoms with Crippen LogP contribution in [0, 0.1) is 17.8 Å². The highest BCUT2D eigenvalue weighted by atomic mass is 16.7. The van der Waals surface area contributed by atoms with Crippen LogP contribution in [0.2, 0.25) is 0 Å². The first-order valence-corrected chi connectivity index (χ1v) is 23.5. The molecule has 0 spiro atoms. The summed E-state index contributed by atoms with van der Waals surface area (Å²) < 4.78 is 31.5. The lowest BCUT2D eigenvalue weighted by atomic mass is 9.80. The predicted molar refractivity (Wildman–Crippen MR) is 231 cm³/mol. The second-order valence-electron chi connectivity index (χ2n) is 18.8. The molecule has 4 amide bonds. The number of amides is 4. The van der Waals surface area contributed by atoms with Crippen LogP contribution in [0.5, 0.6) is 0 Å². The van der Waals surface area contributed by atoms with E-state index in [2.05, 4.69) is 20.9 Å². The fourth-order valence-electron chi connectivity index (χ4n) is 9.85. The van der Waals surface area contributed by atoms with E-state index in [1.165, 1.54) is 4.90 Å². The predicted octanol–water partition coefficient (Wildman–Crippen LogP) is -1.74. The molecule has 13 atom stereocenters. The SMILES string of the molecule is C[C@@H]1O[C@@H](O[C@@H]2[C@@H](NC(=O)c3cc(=O)[nH]c(=O)[nH]3)C[C@@H](C(=O)NCCNC(=O)C3CCC(O)CC3)C[C@H]2O[C@H]2C[C@@H](O[C@@H](CC3CCCCC3)C(=O)N(C)C)[C@@H](O)[C@@H](CO)O2)[C@@H](O)C[C@@H]1O. The Morgan fingerprint density at radius 3 is 2.15 bits per heavy atom. The number of nitrogens with one attached hydrogen (secondary N) is 5. The first-order valence-electron chi connectivity index (χ1n) is 23.5. The monoisotopic (exact) mass is 938 g/mol. The maximum Gasteiger partial charge on any atom is 0.326 e. The van der Waals surface area contributed by atoms with Gasteiger partial charge in [0.25, 0.3) is 17.4 Å². The minimum Gasteiger partial charge on any atom is -0.394 e. The number of aliphatic hydroxyl groups excluding tert-OH is 5. The Kier molecular flexibility index (Phi) is 18.7. The zero-order chi connectivity index (χ0) is 47.7. The number of aromatic amines is 2. The second-order valence-corrected chi connectivity index (χ2v) is 18.8. The molecule has 1 aromatic rings. The molecule has 22 nitrogen and oxygen atoms in total. The average molecular weight is 939 g/mol. The Balaban J connectivity index is 1.26. The van der Waals surface area contributed by atoms with Crippen molar-refractivity contribution >= 4 is 23.6 Å². The van der Waals surface area contributed by atoms with Gasteiger partial charge in [-0.2, -0.15) is 0 Å². The molecule has 5 aliphatic rings. The molecule has 2 aliphatic heterocycles. The smallest absolute Gasteiger partial charge is 0.326 e. The maximum atomic E-state index is 14.0. The van der Waals surface area contributed by atoms with Gasteiger partial charge in [0.2, 0.25) is 11.8 Å². The van der Waals surface area contributed by atoms with E-state index in [0.29, 0.717) is 32.1 Å². The molecule has 0 aromatic carbocycles. The van der Waals surface area contributed by atoms with Gasteiger partial charge in [0, 0.05) is 57.9 Å². The van der Waals surface area contributed by atoms with Crippen molar-refractivity contribution in [2.45, 2.75) is 176 Å². The topological polar surface area (TPSA) is 321 Å². The summed E-state index contributed by atoms with van der Waals surface area (Å²) in [5.74, 6) is -2.78. The molecule has 372 valence electrons. The number of rotatable bonds is 17. The molecule has 5 fully saturated rings. The van der Waals surface area contributed by atoms with Crippen molar-refractivity contribution in [2.75, 3.05) is 33.8 Å². The lowest BCUT2D eigenvalue weighted by Gasteiger charge is -2.47. The number of aromatic nitrogens is 2.